The molecule has 2 aromatic rings. The number of rotatable bonds is 9. The molecule has 5 nitrogen and oxygen atoms in total. The van der Waals surface area contributed by atoms with Crippen LogP contribution < -0.4 is 5.32 Å². The van der Waals surface area contributed by atoms with Crippen LogP contribution in [0.5, 0.6) is 0 Å². The minimum absolute atomic E-state index is 0.338. The summed E-state index contributed by atoms with van der Waals surface area (Å²) in [5.41, 5.74) is 4.50. The molecule has 1 aromatic carbocycles. The monoisotopic (exact) mass is 376 g/mol. The summed E-state index contributed by atoms with van der Waals surface area (Å²) in [5, 5.41) is 3.38. The molecule has 0 spiro atoms. The molecule has 2 rings (SSSR count). The van der Waals surface area contributed by atoms with Crippen molar-refractivity contribution in [3.05, 3.63) is 58.9 Å². The standard InChI is InChI=1S/C20H29N2O3P/c1-6-24-26(23,25-7-2)20(18-11-8-15(3)9-12-18)14-21-19-13-10-16(4)22-17(19)5/h8-13,20-21H,6-7,14H2,1-5H3. The van der Waals surface area contributed by atoms with Crippen molar-refractivity contribution < 1.29 is 13.6 Å². The van der Waals surface area contributed by atoms with Crippen LogP contribution in [0.3, 0.4) is 0 Å². The quantitative estimate of drug-likeness (QED) is 0.592. The van der Waals surface area contributed by atoms with Crippen LogP contribution in [-0.2, 0) is 13.6 Å². The van der Waals surface area contributed by atoms with E-state index in [2.05, 4.69) is 10.3 Å². The number of pyridine rings is 1. The Labute approximate surface area is 156 Å². The predicted molar refractivity (Wildman–Crippen MR) is 107 cm³/mol. The van der Waals surface area contributed by atoms with E-state index < -0.39 is 13.3 Å². The van der Waals surface area contributed by atoms with Gasteiger partial charge in [0.05, 0.1) is 24.6 Å². The second-order valence-electron chi connectivity index (χ2n) is 6.27. The molecule has 6 heteroatoms. The average molecular weight is 376 g/mol. The first-order valence-electron chi connectivity index (χ1n) is 9.03. The summed E-state index contributed by atoms with van der Waals surface area (Å²) in [5.74, 6) is 0. The third kappa shape index (κ3) is 5.16. The van der Waals surface area contributed by atoms with Gasteiger partial charge in [-0.3, -0.25) is 9.55 Å². The maximum absolute atomic E-state index is 13.5. The topological polar surface area (TPSA) is 60.5 Å². The van der Waals surface area contributed by atoms with Crippen LogP contribution >= 0.6 is 7.60 Å². The predicted octanol–water partition coefficient (Wildman–Crippen LogP) is 5.43. The van der Waals surface area contributed by atoms with Gasteiger partial charge in [0.2, 0.25) is 0 Å². The number of hydrogen-bond acceptors (Lipinski definition) is 5. The van der Waals surface area contributed by atoms with Crippen LogP contribution in [-0.4, -0.2) is 24.7 Å². The van der Waals surface area contributed by atoms with Crippen LogP contribution in [0.4, 0.5) is 5.69 Å². The highest BCUT2D eigenvalue weighted by Crippen LogP contribution is 2.60. The highest BCUT2D eigenvalue weighted by atomic mass is 31.2. The first-order valence-corrected chi connectivity index (χ1v) is 10.6. The molecule has 1 N–H and O–H groups in total. The highest BCUT2D eigenvalue weighted by molar-refractivity contribution is 7.54. The van der Waals surface area contributed by atoms with E-state index >= 15 is 0 Å². The van der Waals surface area contributed by atoms with Gasteiger partial charge in [0.25, 0.3) is 0 Å². The fraction of sp³-hybridized carbons (Fsp3) is 0.450. The lowest BCUT2D eigenvalue weighted by Gasteiger charge is -2.27. The smallest absolute Gasteiger partial charge is 0.339 e. The Kier molecular flexibility index (Phi) is 7.39. The molecule has 0 aliphatic carbocycles. The van der Waals surface area contributed by atoms with Gasteiger partial charge in [-0.1, -0.05) is 29.8 Å². The molecule has 0 bridgehead atoms. The Morgan fingerprint density at radius 3 is 2.15 bits per heavy atom. The summed E-state index contributed by atoms with van der Waals surface area (Å²) >= 11 is 0. The number of anilines is 1. The molecule has 0 aliphatic heterocycles. The summed E-state index contributed by atoms with van der Waals surface area (Å²) < 4.78 is 24.7. The molecule has 0 saturated carbocycles. The van der Waals surface area contributed by atoms with Crippen LogP contribution in [0, 0.1) is 20.8 Å². The number of nitrogens with zero attached hydrogens (tertiary/aromatic N) is 1. The molecule has 1 aromatic heterocycles. The van der Waals surface area contributed by atoms with Gasteiger partial charge in [-0.15, -0.1) is 0 Å². The fourth-order valence-corrected chi connectivity index (χ4v) is 4.86. The lowest BCUT2D eigenvalue weighted by atomic mass is 10.1. The van der Waals surface area contributed by atoms with Gasteiger partial charge in [-0.05, 0) is 52.3 Å². The van der Waals surface area contributed by atoms with Gasteiger partial charge in [-0.2, -0.15) is 0 Å². The van der Waals surface area contributed by atoms with Gasteiger partial charge in [0.1, 0.15) is 5.66 Å². The van der Waals surface area contributed by atoms with Crippen molar-refractivity contribution in [2.75, 3.05) is 25.1 Å². The largest absolute Gasteiger partial charge is 0.382 e. The molecular formula is C20H29N2O3P. The molecule has 26 heavy (non-hydrogen) atoms. The van der Waals surface area contributed by atoms with Crippen molar-refractivity contribution in [2.24, 2.45) is 0 Å². The second-order valence-corrected chi connectivity index (χ2v) is 8.49. The van der Waals surface area contributed by atoms with E-state index in [0.717, 1.165) is 28.2 Å². The number of aryl methyl sites for hydroxylation is 3. The lowest BCUT2D eigenvalue weighted by Crippen LogP contribution is -2.17. The lowest BCUT2D eigenvalue weighted by molar-refractivity contribution is 0.213. The Morgan fingerprint density at radius 1 is 1.00 bits per heavy atom. The Morgan fingerprint density at radius 2 is 1.62 bits per heavy atom. The van der Waals surface area contributed by atoms with Crippen LogP contribution in [0.2, 0.25) is 0 Å². The van der Waals surface area contributed by atoms with E-state index in [1.165, 1.54) is 0 Å². The van der Waals surface area contributed by atoms with Gasteiger partial charge < -0.3 is 14.4 Å². The van der Waals surface area contributed by atoms with Crippen LogP contribution in [0.1, 0.15) is 42.0 Å². The Hall–Kier alpha value is -1.68. The SMILES string of the molecule is CCOP(=O)(OCC)C(CNc1ccc(C)nc1C)c1ccc(C)cc1. The second kappa shape index (κ2) is 9.31. The molecule has 0 aliphatic rings. The zero-order valence-electron chi connectivity index (χ0n) is 16.3. The minimum atomic E-state index is -3.31. The summed E-state index contributed by atoms with van der Waals surface area (Å²) in [6.45, 7) is 10.7. The number of nitrogens with one attached hydrogen (secondary N) is 1. The van der Waals surface area contributed by atoms with Crippen LogP contribution in [0.15, 0.2) is 36.4 Å². The summed E-state index contributed by atoms with van der Waals surface area (Å²) in [6.07, 6.45) is 0. The van der Waals surface area contributed by atoms with Crippen molar-refractivity contribution in [3.63, 3.8) is 0 Å². The first-order chi connectivity index (χ1) is 12.4. The zero-order chi connectivity index (χ0) is 19.2. The molecular weight excluding hydrogens is 347 g/mol. The van der Waals surface area contributed by atoms with E-state index in [1.54, 1.807) is 0 Å². The van der Waals surface area contributed by atoms with E-state index in [4.69, 9.17) is 9.05 Å². The summed E-state index contributed by atoms with van der Waals surface area (Å²) in [4.78, 5) is 4.48. The van der Waals surface area contributed by atoms with E-state index in [-0.39, 0.29) is 0 Å². The summed E-state index contributed by atoms with van der Waals surface area (Å²) in [6, 6.07) is 12.0. The molecule has 1 atom stereocenters. The third-order valence-corrected chi connectivity index (χ3v) is 6.65. The van der Waals surface area contributed by atoms with E-state index in [0.29, 0.717) is 19.8 Å². The maximum Gasteiger partial charge on any atom is 0.339 e. The van der Waals surface area contributed by atoms with E-state index in [9.17, 15) is 4.57 Å². The normalized spacial score (nSPS) is 12.8. The molecule has 0 radical (unpaired) electrons. The van der Waals surface area contributed by atoms with Gasteiger partial charge in [-0.25, -0.2) is 0 Å². The molecule has 0 amide bonds. The molecule has 1 unspecified atom stereocenters. The van der Waals surface area contributed by atoms with Crippen molar-refractivity contribution in [3.8, 4) is 0 Å². The molecule has 1 heterocycles. The molecule has 0 fully saturated rings. The number of benzene rings is 1. The van der Waals surface area contributed by atoms with Crippen molar-refractivity contribution in [1.82, 2.24) is 4.98 Å². The zero-order valence-corrected chi connectivity index (χ0v) is 17.2. The molecule has 0 saturated heterocycles. The number of aromatic nitrogens is 1. The van der Waals surface area contributed by atoms with Gasteiger partial charge in [0, 0.05) is 12.2 Å². The fourth-order valence-electron chi connectivity index (χ4n) is 2.86. The minimum Gasteiger partial charge on any atom is -0.382 e. The van der Waals surface area contributed by atoms with Crippen molar-refractivity contribution >= 4 is 13.3 Å². The highest BCUT2D eigenvalue weighted by Gasteiger charge is 2.36. The molecule has 142 valence electrons. The Bertz CT molecular complexity index is 752. The van der Waals surface area contributed by atoms with Crippen molar-refractivity contribution in [2.45, 2.75) is 40.3 Å². The van der Waals surface area contributed by atoms with Gasteiger partial charge >= 0.3 is 7.60 Å². The average Bonchev–Trinajstić information content (AvgIpc) is 2.58. The first kappa shape index (κ1) is 20.6. The Balaban J connectivity index is 2.33. The third-order valence-electron chi connectivity index (χ3n) is 4.17. The van der Waals surface area contributed by atoms with E-state index in [1.807, 2.05) is 71.0 Å². The van der Waals surface area contributed by atoms with Crippen LogP contribution in [0.25, 0.3) is 0 Å². The summed E-state index contributed by atoms with van der Waals surface area (Å²) in [7, 11) is -3.31. The van der Waals surface area contributed by atoms with Gasteiger partial charge in [0.15, 0.2) is 0 Å². The number of hydrogen-bond donors (Lipinski definition) is 1. The maximum atomic E-state index is 13.5. The van der Waals surface area contributed by atoms with Crippen molar-refractivity contribution in [1.29, 1.82) is 0 Å².